The maximum absolute atomic E-state index is 11.8. The second kappa shape index (κ2) is 5.42. The number of nitrogens with one attached hydrogen (secondary N) is 1. The highest BCUT2D eigenvalue weighted by atomic mass is 35.5. The van der Waals surface area contributed by atoms with Crippen LogP contribution in [0.3, 0.4) is 0 Å². The first kappa shape index (κ1) is 14.5. The predicted octanol–water partition coefficient (Wildman–Crippen LogP) is 4.10. The molecule has 0 unspecified atom stereocenters. The number of hydrogen-bond donors (Lipinski definition) is 2. The number of H-pyrrole nitrogens is 1. The third-order valence-electron chi connectivity index (χ3n) is 3.55. The molecular formula is C16H14ClN3O2. The lowest BCUT2D eigenvalue weighted by Gasteiger charge is -2.16. The van der Waals surface area contributed by atoms with Gasteiger partial charge in [0.05, 0.1) is 22.8 Å². The molecule has 0 atom stereocenters. The van der Waals surface area contributed by atoms with Gasteiger partial charge in [-0.2, -0.15) is 5.10 Å². The molecule has 0 saturated heterocycles. The first-order valence-corrected chi connectivity index (χ1v) is 7.23. The number of pyridine rings is 1. The van der Waals surface area contributed by atoms with Crippen LogP contribution < -0.4 is 0 Å². The van der Waals surface area contributed by atoms with Crippen molar-refractivity contribution >= 4 is 28.6 Å². The molecule has 22 heavy (non-hydrogen) atoms. The number of aromatic carboxylic acids is 1. The fraction of sp³-hybridized carbons (Fsp3) is 0.188. The quantitative estimate of drug-likeness (QED) is 0.762. The van der Waals surface area contributed by atoms with Crippen molar-refractivity contribution in [3.05, 3.63) is 46.6 Å². The molecule has 6 heteroatoms. The zero-order valence-corrected chi connectivity index (χ0v) is 12.8. The summed E-state index contributed by atoms with van der Waals surface area (Å²) in [6.45, 7) is 3.91. The zero-order valence-electron chi connectivity index (χ0n) is 12.1. The number of carbonyl (C=O) groups is 1. The first-order chi connectivity index (χ1) is 10.5. The SMILES string of the molecule is CC(C)c1c(-c2ccc(Cl)cc2)nc2[nH]ncc2c1C(=O)O. The summed E-state index contributed by atoms with van der Waals surface area (Å²) in [6, 6.07) is 7.20. The minimum Gasteiger partial charge on any atom is -0.478 e. The lowest BCUT2D eigenvalue weighted by atomic mass is 9.91. The van der Waals surface area contributed by atoms with Crippen LogP contribution in [0.4, 0.5) is 0 Å². The number of benzene rings is 1. The average molecular weight is 316 g/mol. The van der Waals surface area contributed by atoms with Crippen molar-refractivity contribution in [2.75, 3.05) is 0 Å². The van der Waals surface area contributed by atoms with Gasteiger partial charge >= 0.3 is 5.97 Å². The van der Waals surface area contributed by atoms with E-state index in [1.165, 1.54) is 6.20 Å². The number of aromatic amines is 1. The highest BCUT2D eigenvalue weighted by molar-refractivity contribution is 6.30. The molecule has 112 valence electrons. The Morgan fingerprint density at radius 3 is 2.55 bits per heavy atom. The molecule has 0 fully saturated rings. The Balaban J connectivity index is 2.40. The summed E-state index contributed by atoms with van der Waals surface area (Å²) < 4.78 is 0. The Labute approximate surface area is 132 Å². The maximum Gasteiger partial charge on any atom is 0.336 e. The van der Waals surface area contributed by atoms with Gasteiger partial charge in [-0.15, -0.1) is 0 Å². The smallest absolute Gasteiger partial charge is 0.336 e. The van der Waals surface area contributed by atoms with Gasteiger partial charge in [0.2, 0.25) is 0 Å². The molecule has 0 radical (unpaired) electrons. The molecule has 3 aromatic rings. The van der Waals surface area contributed by atoms with Crippen LogP contribution in [0, 0.1) is 0 Å². The fourth-order valence-corrected chi connectivity index (χ4v) is 2.73. The standard InChI is InChI=1S/C16H14ClN3O2/c1-8(2)12-13(16(21)22)11-7-18-20-15(11)19-14(12)9-3-5-10(17)6-4-9/h3-8H,1-2H3,(H,21,22)(H,18,19,20). The van der Waals surface area contributed by atoms with Crippen LogP contribution >= 0.6 is 11.6 Å². The van der Waals surface area contributed by atoms with E-state index in [9.17, 15) is 9.90 Å². The summed E-state index contributed by atoms with van der Waals surface area (Å²) in [4.78, 5) is 16.4. The molecule has 0 aliphatic rings. The lowest BCUT2D eigenvalue weighted by molar-refractivity contribution is 0.0697. The second-order valence-corrected chi connectivity index (χ2v) is 5.78. The van der Waals surface area contributed by atoms with Gasteiger partial charge in [0.15, 0.2) is 5.65 Å². The molecule has 3 rings (SSSR count). The number of carboxylic acids is 1. The number of nitrogens with zero attached hydrogens (tertiary/aromatic N) is 2. The highest BCUT2D eigenvalue weighted by Gasteiger charge is 2.24. The Kier molecular flexibility index (Phi) is 3.58. The lowest BCUT2D eigenvalue weighted by Crippen LogP contribution is -2.08. The summed E-state index contributed by atoms with van der Waals surface area (Å²) in [6.07, 6.45) is 1.50. The van der Waals surface area contributed by atoms with Crippen molar-refractivity contribution in [1.82, 2.24) is 15.2 Å². The van der Waals surface area contributed by atoms with Gasteiger partial charge in [0.1, 0.15) is 0 Å². The minimum absolute atomic E-state index is 0.00331. The van der Waals surface area contributed by atoms with Crippen molar-refractivity contribution in [1.29, 1.82) is 0 Å². The summed E-state index contributed by atoms with van der Waals surface area (Å²) in [5.41, 5.74) is 2.88. The summed E-state index contributed by atoms with van der Waals surface area (Å²) in [5.74, 6) is -0.976. The van der Waals surface area contributed by atoms with Gasteiger partial charge in [-0.25, -0.2) is 9.78 Å². The Morgan fingerprint density at radius 1 is 1.27 bits per heavy atom. The van der Waals surface area contributed by atoms with Crippen LogP contribution in [-0.2, 0) is 0 Å². The van der Waals surface area contributed by atoms with Crippen LogP contribution in [-0.4, -0.2) is 26.3 Å². The summed E-state index contributed by atoms with van der Waals surface area (Å²) in [7, 11) is 0. The third-order valence-corrected chi connectivity index (χ3v) is 3.80. The topological polar surface area (TPSA) is 78.9 Å². The molecule has 0 amide bonds. The van der Waals surface area contributed by atoms with Crippen molar-refractivity contribution in [2.45, 2.75) is 19.8 Å². The van der Waals surface area contributed by atoms with Crippen molar-refractivity contribution in [3.8, 4) is 11.3 Å². The highest BCUT2D eigenvalue weighted by Crippen LogP contribution is 2.34. The molecule has 2 heterocycles. The van der Waals surface area contributed by atoms with E-state index in [0.717, 1.165) is 5.56 Å². The Morgan fingerprint density at radius 2 is 1.95 bits per heavy atom. The molecular weight excluding hydrogens is 302 g/mol. The number of carboxylic acid groups (broad SMARTS) is 1. The second-order valence-electron chi connectivity index (χ2n) is 5.35. The molecule has 0 bridgehead atoms. The van der Waals surface area contributed by atoms with E-state index in [-0.39, 0.29) is 11.5 Å². The van der Waals surface area contributed by atoms with Gasteiger partial charge < -0.3 is 5.11 Å². The minimum atomic E-state index is -0.979. The van der Waals surface area contributed by atoms with E-state index in [0.29, 0.717) is 27.3 Å². The van der Waals surface area contributed by atoms with Crippen LogP contribution in [0.1, 0.15) is 35.7 Å². The molecule has 2 aromatic heterocycles. The number of rotatable bonds is 3. The van der Waals surface area contributed by atoms with Crippen LogP contribution in [0.25, 0.3) is 22.3 Å². The first-order valence-electron chi connectivity index (χ1n) is 6.85. The Hall–Kier alpha value is -2.40. The normalized spacial score (nSPS) is 11.3. The van der Waals surface area contributed by atoms with E-state index in [2.05, 4.69) is 15.2 Å². The summed E-state index contributed by atoms with van der Waals surface area (Å²) in [5, 5.41) is 17.5. The zero-order chi connectivity index (χ0) is 15.9. The maximum atomic E-state index is 11.8. The Bertz CT molecular complexity index is 854. The van der Waals surface area contributed by atoms with Gasteiger partial charge in [-0.05, 0) is 23.6 Å². The largest absolute Gasteiger partial charge is 0.478 e. The molecule has 2 N–H and O–H groups in total. The number of hydrogen-bond acceptors (Lipinski definition) is 3. The van der Waals surface area contributed by atoms with Crippen molar-refractivity contribution in [3.63, 3.8) is 0 Å². The van der Waals surface area contributed by atoms with Gasteiger partial charge in [0.25, 0.3) is 0 Å². The predicted molar refractivity (Wildman–Crippen MR) is 85.4 cm³/mol. The number of fused-ring (bicyclic) bond motifs is 1. The molecule has 5 nitrogen and oxygen atoms in total. The van der Waals surface area contributed by atoms with Gasteiger partial charge in [0, 0.05) is 10.6 Å². The van der Waals surface area contributed by atoms with Crippen LogP contribution in [0.5, 0.6) is 0 Å². The third kappa shape index (κ3) is 2.33. The fourth-order valence-electron chi connectivity index (χ4n) is 2.60. The van der Waals surface area contributed by atoms with E-state index >= 15 is 0 Å². The van der Waals surface area contributed by atoms with Crippen molar-refractivity contribution in [2.24, 2.45) is 0 Å². The van der Waals surface area contributed by atoms with Gasteiger partial charge in [-0.3, -0.25) is 5.10 Å². The van der Waals surface area contributed by atoms with E-state index in [1.54, 1.807) is 12.1 Å². The molecule has 0 spiro atoms. The van der Waals surface area contributed by atoms with Crippen molar-refractivity contribution < 1.29 is 9.90 Å². The summed E-state index contributed by atoms with van der Waals surface area (Å²) >= 11 is 5.93. The molecule has 0 aliphatic heterocycles. The van der Waals surface area contributed by atoms with E-state index in [1.807, 2.05) is 26.0 Å². The van der Waals surface area contributed by atoms with E-state index < -0.39 is 5.97 Å². The van der Waals surface area contributed by atoms with Crippen LogP contribution in [0.15, 0.2) is 30.5 Å². The molecule has 0 aliphatic carbocycles. The van der Waals surface area contributed by atoms with Gasteiger partial charge in [-0.1, -0.05) is 37.6 Å². The molecule has 0 saturated carbocycles. The number of aromatic nitrogens is 3. The monoisotopic (exact) mass is 315 g/mol. The average Bonchev–Trinajstić information content (AvgIpc) is 2.93. The van der Waals surface area contributed by atoms with E-state index in [4.69, 9.17) is 11.6 Å². The van der Waals surface area contributed by atoms with Crippen LogP contribution in [0.2, 0.25) is 5.02 Å². The number of halogens is 1. The molecule has 1 aromatic carbocycles.